The Kier molecular flexibility index (Phi) is 4.49. The number of benzene rings is 1. The van der Waals surface area contributed by atoms with Gasteiger partial charge in [0.05, 0.1) is 19.6 Å². The number of hydrogen-bond acceptors (Lipinski definition) is 4. The smallest absolute Gasteiger partial charge is 0.223 e. The monoisotopic (exact) mass is 260 g/mol. The first-order chi connectivity index (χ1) is 9.24. The minimum Gasteiger partial charge on any atom is -0.493 e. The molecule has 0 fully saturated rings. The van der Waals surface area contributed by atoms with E-state index in [0.29, 0.717) is 25.4 Å². The van der Waals surface area contributed by atoms with Crippen LogP contribution in [0.3, 0.4) is 0 Å². The summed E-state index contributed by atoms with van der Waals surface area (Å²) in [6, 6.07) is 7.73. The highest BCUT2D eigenvalue weighted by atomic mass is 16.5. The fourth-order valence-corrected chi connectivity index (χ4v) is 1.55. The van der Waals surface area contributed by atoms with Crippen LogP contribution in [0.15, 0.2) is 30.6 Å². The van der Waals surface area contributed by atoms with Gasteiger partial charge in [-0.3, -0.25) is 9.89 Å². The molecule has 0 saturated heterocycles. The van der Waals surface area contributed by atoms with Crippen LogP contribution in [0.4, 0.5) is 0 Å². The Balaban J connectivity index is 1.66. The van der Waals surface area contributed by atoms with Gasteiger partial charge in [0.15, 0.2) is 0 Å². The summed E-state index contributed by atoms with van der Waals surface area (Å²) < 4.78 is 5.50. The zero-order chi connectivity index (χ0) is 13.5. The van der Waals surface area contributed by atoms with Crippen molar-refractivity contribution in [2.45, 2.75) is 19.9 Å². The molecule has 1 heterocycles. The molecule has 0 unspecified atom stereocenters. The van der Waals surface area contributed by atoms with E-state index >= 15 is 0 Å². The van der Waals surface area contributed by atoms with E-state index in [4.69, 9.17) is 4.74 Å². The average molecular weight is 260 g/mol. The van der Waals surface area contributed by atoms with Crippen molar-refractivity contribution in [2.75, 3.05) is 6.61 Å². The first-order valence-corrected chi connectivity index (χ1v) is 6.04. The van der Waals surface area contributed by atoms with Crippen LogP contribution in [0.25, 0.3) is 0 Å². The third-order valence-corrected chi connectivity index (χ3v) is 2.51. The molecule has 0 aliphatic heterocycles. The molecule has 0 saturated carbocycles. The van der Waals surface area contributed by atoms with Gasteiger partial charge in [-0.15, -0.1) is 0 Å². The Morgan fingerprint density at radius 2 is 2.37 bits per heavy atom. The van der Waals surface area contributed by atoms with Crippen molar-refractivity contribution < 1.29 is 9.53 Å². The molecular weight excluding hydrogens is 244 g/mol. The van der Waals surface area contributed by atoms with Crippen molar-refractivity contribution in [3.63, 3.8) is 0 Å². The molecule has 0 spiro atoms. The van der Waals surface area contributed by atoms with Crippen molar-refractivity contribution in [1.29, 1.82) is 0 Å². The SMILES string of the molecule is Cc1cccc(OCCC(=O)NCc2ncn[nH]2)c1. The lowest BCUT2D eigenvalue weighted by atomic mass is 10.2. The second kappa shape index (κ2) is 6.53. The maximum absolute atomic E-state index is 11.5. The number of nitrogens with zero attached hydrogens (tertiary/aromatic N) is 2. The summed E-state index contributed by atoms with van der Waals surface area (Å²) in [5.41, 5.74) is 1.13. The minimum atomic E-state index is -0.0796. The Morgan fingerprint density at radius 3 is 3.11 bits per heavy atom. The highest BCUT2D eigenvalue weighted by molar-refractivity contribution is 5.75. The van der Waals surface area contributed by atoms with Crippen LogP contribution in [0.5, 0.6) is 5.75 Å². The van der Waals surface area contributed by atoms with Gasteiger partial charge in [0.1, 0.15) is 17.9 Å². The van der Waals surface area contributed by atoms with Crippen molar-refractivity contribution in [1.82, 2.24) is 20.5 Å². The van der Waals surface area contributed by atoms with Crippen LogP contribution in [-0.4, -0.2) is 27.7 Å². The quantitative estimate of drug-likeness (QED) is 0.817. The number of hydrogen-bond donors (Lipinski definition) is 2. The predicted octanol–water partition coefficient (Wildman–Crippen LogP) is 1.20. The standard InChI is InChI=1S/C13H16N4O2/c1-10-3-2-4-11(7-10)19-6-5-13(18)14-8-12-15-9-16-17-12/h2-4,7,9H,5-6,8H2,1H3,(H,14,18)(H,15,16,17). The van der Waals surface area contributed by atoms with E-state index in [-0.39, 0.29) is 5.91 Å². The molecule has 2 aromatic rings. The summed E-state index contributed by atoms with van der Waals surface area (Å²) in [6.07, 6.45) is 1.71. The highest BCUT2D eigenvalue weighted by Crippen LogP contribution is 2.12. The van der Waals surface area contributed by atoms with E-state index < -0.39 is 0 Å². The van der Waals surface area contributed by atoms with Crippen molar-refractivity contribution >= 4 is 5.91 Å². The fourth-order valence-electron chi connectivity index (χ4n) is 1.55. The molecule has 2 N–H and O–H groups in total. The first kappa shape index (κ1) is 13.1. The van der Waals surface area contributed by atoms with Crippen molar-refractivity contribution in [2.24, 2.45) is 0 Å². The zero-order valence-electron chi connectivity index (χ0n) is 10.7. The maximum Gasteiger partial charge on any atom is 0.223 e. The van der Waals surface area contributed by atoms with Crippen molar-refractivity contribution in [3.05, 3.63) is 42.0 Å². The summed E-state index contributed by atoms with van der Waals surface area (Å²) in [5, 5.41) is 9.10. The molecule has 1 amide bonds. The molecule has 6 heteroatoms. The fraction of sp³-hybridized carbons (Fsp3) is 0.308. The van der Waals surface area contributed by atoms with E-state index in [1.54, 1.807) is 0 Å². The first-order valence-electron chi connectivity index (χ1n) is 6.04. The Labute approximate surface area is 111 Å². The van der Waals surface area contributed by atoms with Gasteiger partial charge in [0.25, 0.3) is 0 Å². The molecule has 0 atom stereocenters. The number of H-pyrrole nitrogens is 1. The van der Waals surface area contributed by atoms with Crippen LogP contribution < -0.4 is 10.1 Å². The molecule has 0 bridgehead atoms. The average Bonchev–Trinajstić information content (AvgIpc) is 2.89. The summed E-state index contributed by atoms with van der Waals surface area (Å²) in [5.74, 6) is 1.33. The predicted molar refractivity (Wildman–Crippen MR) is 69.5 cm³/mol. The molecule has 0 aliphatic carbocycles. The topological polar surface area (TPSA) is 79.9 Å². The summed E-state index contributed by atoms with van der Waals surface area (Å²) in [6.45, 7) is 2.70. The van der Waals surface area contributed by atoms with Gasteiger partial charge in [-0.2, -0.15) is 5.10 Å². The number of rotatable bonds is 6. The van der Waals surface area contributed by atoms with Crippen LogP contribution in [-0.2, 0) is 11.3 Å². The minimum absolute atomic E-state index is 0.0796. The van der Waals surface area contributed by atoms with Crippen LogP contribution in [0.1, 0.15) is 17.8 Å². The largest absolute Gasteiger partial charge is 0.493 e. The van der Waals surface area contributed by atoms with Gasteiger partial charge in [0.2, 0.25) is 5.91 Å². The number of amides is 1. The van der Waals surface area contributed by atoms with Crippen molar-refractivity contribution in [3.8, 4) is 5.75 Å². The molecule has 0 radical (unpaired) electrons. The summed E-state index contributed by atoms with van der Waals surface area (Å²) >= 11 is 0. The Morgan fingerprint density at radius 1 is 1.47 bits per heavy atom. The van der Waals surface area contributed by atoms with Gasteiger partial charge in [-0.25, -0.2) is 4.98 Å². The van der Waals surface area contributed by atoms with Gasteiger partial charge in [0, 0.05) is 0 Å². The van der Waals surface area contributed by atoms with Crippen LogP contribution >= 0.6 is 0 Å². The number of aromatic nitrogens is 3. The Bertz CT molecular complexity index is 525. The molecule has 1 aromatic carbocycles. The lowest BCUT2D eigenvalue weighted by molar-refractivity contribution is -0.121. The maximum atomic E-state index is 11.5. The van der Waals surface area contributed by atoms with Crippen LogP contribution in [0, 0.1) is 6.92 Å². The normalized spacial score (nSPS) is 10.2. The number of nitrogens with one attached hydrogen (secondary N) is 2. The molecule has 100 valence electrons. The molecule has 0 aliphatic rings. The zero-order valence-corrected chi connectivity index (χ0v) is 10.7. The molecule has 1 aromatic heterocycles. The van der Waals surface area contributed by atoms with E-state index in [2.05, 4.69) is 20.5 Å². The highest BCUT2D eigenvalue weighted by Gasteiger charge is 2.03. The second-order valence-electron chi connectivity index (χ2n) is 4.12. The van der Waals surface area contributed by atoms with E-state index in [9.17, 15) is 4.79 Å². The molecule has 19 heavy (non-hydrogen) atoms. The third kappa shape index (κ3) is 4.42. The number of ether oxygens (including phenoxy) is 1. The van der Waals surface area contributed by atoms with Gasteiger partial charge in [-0.05, 0) is 24.6 Å². The summed E-state index contributed by atoms with van der Waals surface area (Å²) in [4.78, 5) is 15.5. The molecule has 6 nitrogen and oxygen atoms in total. The van der Waals surface area contributed by atoms with Crippen LogP contribution in [0.2, 0.25) is 0 Å². The molecule has 2 rings (SSSR count). The number of carbonyl (C=O) groups excluding carboxylic acids is 1. The van der Waals surface area contributed by atoms with E-state index in [0.717, 1.165) is 11.3 Å². The lowest BCUT2D eigenvalue weighted by Gasteiger charge is -2.07. The van der Waals surface area contributed by atoms with E-state index in [1.165, 1.54) is 6.33 Å². The Hall–Kier alpha value is -2.37. The van der Waals surface area contributed by atoms with Gasteiger partial charge in [-0.1, -0.05) is 12.1 Å². The molecular formula is C13H16N4O2. The third-order valence-electron chi connectivity index (χ3n) is 2.51. The number of aryl methyl sites for hydroxylation is 1. The lowest BCUT2D eigenvalue weighted by Crippen LogP contribution is -2.25. The summed E-state index contributed by atoms with van der Waals surface area (Å²) in [7, 11) is 0. The number of aromatic amines is 1. The van der Waals surface area contributed by atoms with E-state index in [1.807, 2.05) is 31.2 Å². The second-order valence-corrected chi connectivity index (χ2v) is 4.12. The van der Waals surface area contributed by atoms with Gasteiger partial charge < -0.3 is 10.1 Å². The number of carbonyl (C=O) groups is 1. The van der Waals surface area contributed by atoms with Gasteiger partial charge >= 0.3 is 0 Å².